The molecule has 0 aromatic heterocycles. The van der Waals surface area contributed by atoms with E-state index in [2.05, 4.69) is 76.0 Å². The number of hydrogen-bond donors (Lipinski definition) is 1. The standard InChI is InChI=1S/C40H53N5O5S/c1-30-26-34(41-51(4,48)49)27-31(2)38(30)39(47)43-20-16-40(3,17-21-43)44-18-14-36(15-19-44)45(29-33-8-6-5-7-9-33)35-12-10-32(11-13-35)28-37(46)42-22-24-50-25-23-42/h5-13,26-27,36,41H,14-25,28-29H2,1-4H3. The molecule has 3 saturated heterocycles. The van der Waals surface area contributed by atoms with E-state index in [9.17, 15) is 18.0 Å². The molecule has 1 N–H and O–H groups in total. The molecule has 3 aromatic rings. The molecule has 0 bridgehead atoms. The van der Waals surface area contributed by atoms with Gasteiger partial charge >= 0.3 is 0 Å². The van der Waals surface area contributed by atoms with Crippen molar-refractivity contribution in [3.63, 3.8) is 0 Å². The van der Waals surface area contributed by atoms with E-state index in [0.29, 0.717) is 63.1 Å². The first-order chi connectivity index (χ1) is 24.4. The Labute approximate surface area is 303 Å². The number of morpholine rings is 1. The monoisotopic (exact) mass is 715 g/mol. The van der Waals surface area contributed by atoms with Crippen LogP contribution < -0.4 is 9.62 Å². The Morgan fingerprint density at radius 1 is 0.843 bits per heavy atom. The lowest BCUT2D eigenvalue weighted by Gasteiger charge is -2.50. The zero-order chi connectivity index (χ0) is 36.2. The molecule has 11 heteroatoms. The van der Waals surface area contributed by atoms with Crippen molar-refractivity contribution in [3.05, 3.63) is 94.5 Å². The first-order valence-electron chi connectivity index (χ1n) is 18.3. The molecule has 10 nitrogen and oxygen atoms in total. The summed E-state index contributed by atoms with van der Waals surface area (Å²) in [6.45, 7) is 12.9. The summed E-state index contributed by atoms with van der Waals surface area (Å²) >= 11 is 0. The van der Waals surface area contributed by atoms with Crippen molar-refractivity contribution in [2.45, 2.75) is 71.0 Å². The fourth-order valence-electron chi connectivity index (χ4n) is 8.07. The number of ether oxygens (including phenoxy) is 1. The van der Waals surface area contributed by atoms with Gasteiger partial charge in [0.1, 0.15) is 0 Å². The van der Waals surface area contributed by atoms with Crippen LogP contribution in [-0.2, 0) is 32.5 Å². The van der Waals surface area contributed by atoms with E-state index in [-0.39, 0.29) is 17.4 Å². The van der Waals surface area contributed by atoms with Crippen LogP contribution in [0.15, 0.2) is 66.7 Å². The molecule has 3 heterocycles. The van der Waals surface area contributed by atoms with Gasteiger partial charge in [-0.05, 0) is 93.0 Å². The molecule has 274 valence electrons. The largest absolute Gasteiger partial charge is 0.378 e. The molecule has 0 atom stereocenters. The Hall–Kier alpha value is -3.93. The Morgan fingerprint density at radius 3 is 2.04 bits per heavy atom. The molecule has 2 amide bonds. The van der Waals surface area contributed by atoms with E-state index in [1.807, 2.05) is 23.6 Å². The van der Waals surface area contributed by atoms with E-state index in [0.717, 1.165) is 68.3 Å². The predicted octanol–water partition coefficient (Wildman–Crippen LogP) is 5.24. The Bertz CT molecular complexity index is 1750. The molecular formula is C40H53N5O5S. The Morgan fingerprint density at radius 2 is 1.45 bits per heavy atom. The average Bonchev–Trinajstić information content (AvgIpc) is 3.11. The van der Waals surface area contributed by atoms with Crippen LogP contribution >= 0.6 is 0 Å². The summed E-state index contributed by atoms with van der Waals surface area (Å²) in [6, 6.07) is 23.1. The van der Waals surface area contributed by atoms with Crippen molar-refractivity contribution in [3.8, 4) is 0 Å². The number of hydrogen-bond acceptors (Lipinski definition) is 7. The van der Waals surface area contributed by atoms with Gasteiger partial charge in [-0.15, -0.1) is 0 Å². The minimum absolute atomic E-state index is 0.0182. The molecule has 51 heavy (non-hydrogen) atoms. The van der Waals surface area contributed by atoms with Gasteiger partial charge in [0.25, 0.3) is 5.91 Å². The number of piperidine rings is 2. The quantitative estimate of drug-likeness (QED) is 0.307. The van der Waals surface area contributed by atoms with Gasteiger partial charge in [0.05, 0.1) is 25.9 Å². The molecular weight excluding hydrogens is 663 g/mol. The summed E-state index contributed by atoms with van der Waals surface area (Å²) in [6.07, 6.45) is 5.46. The van der Waals surface area contributed by atoms with Gasteiger partial charge in [0.15, 0.2) is 0 Å². The number of anilines is 2. The average molecular weight is 716 g/mol. The summed E-state index contributed by atoms with van der Waals surface area (Å²) in [4.78, 5) is 35.7. The van der Waals surface area contributed by atoms with Gasteiger partial charge in [-0.2, -0.15) is 0 Å². The van der Waals surface area contributed by atoms with Crippen LogP contribution in [0.25, 0.3) is 0 Å². The topological polar surface area (TPSA) is 102 Å². The lowest BCUT2D eigenvalue weighted by molar-refractivity contribution is -0.134. The fourth-order valence-corrected chi connectivity index (χ4v) is 8.62. The normalized spacial score (nSPS) is 18.7. The number of sulfonamides is 1. The van der Waals surface area contributed by atoms with Crippen LogP contribution in [0.3, 0.4) is 0 Å². The Kier molecular flexibility index (Phi) is 11.4. The highest BCUT2D eigenvalue weighted by Crippen LogP contribution is 2.35. The molecule has 3 fully saturated rings. The number of aryl methyl sites for hydroxylation is 2. The van der Waals surface area contributed by atoms with Gasteiger partial charge < -0.3 is 19.4 Å². The zero-order valence-electron chi connectivity index (χ0n) is 30.6. The van der Waals surface area contributed by atoms with Crippen LogP contribution in [0.4, 0.5) is 11.4 Å². The molecule has 3 aromatic carbocycles. The third kappa shape index (κ3) is 9.12. The van der Waals surface area contributed by atoms with Crippen molar-refractivity contribution >= 4 is 33.2 Å². The van der Waals surface area contributed by atoms with Gasteiger partial charge in [0.2, 0.25) is 15.9 Å². The first kappa shape index (κ1) is 36.8. The molecule has 0 unspecified atom stereocenters. The number of nitrogens with zero attached hydrogens (tertiary/aromatic N) is 4. The van der Waals surface area contributed by atoms with Crippen LogP contribution in [0.1, 0.15) is 65.2 Å². The van der Waals surface area contributed by atoms with Gasteiger partial charge in [0, 0.05) is 74.3 Å². The number of carbonyl (C=O) groups excluding carboxylic acids is 2. The van der Waals surface area contributed by atoms with Crippen molar-refractivity contribution in [1.82, 2.24) is 14.7 Å². The third-order valence-corrected chi connectivity index (χ3v) is 11.6. The lowest BCUT2D eigenvalue weighted by atomic mass is 9.85. The lowest BCUT2D eigenvalue weighted by Crippen LogP contribution is -2.58. The van der Waals surface area contributed by atoms with Crippen molar-refractivity contribution in [1.29, 1.82) is 0 Å². The smallest absolute Gasteiger partial charge is 0.254 e. The third-order valence-electron chi connectivity index (χ3n) is 11.0. The van der Waals surface area contributed by atoms with E-state index in [1.54, 1.807) is 12.1 Å². The number of carbonyl (C=O) groups is 2. The predicted molar refractivity (Wildman–Crippen MR) is 203 cm³/mol. The summed E-state index contributed by atoms with van der Waals surface area (Å²) in [5, 5.41) is 0. The summed E-state index contributed by atoms with van der Waals surface area (Å²) in [7, 11) is -3.40. The minimum Gasteiger partial charge on any atom is -0.378 e. The number of likely N-dealkylation sites (tertiary alicyclic amines) is 2. The van der Waals surface area contributed by atoms with Crippen molar-refractivity contribution < 1.29 is 22.7 Å². The highest BCUT2D eigenvalue weighted by molar-refractivity contribution is 7.92. The van der Waals surface area contributed by atoms with Gasteiger partial charge in [-0.3, -0.25) is 19.2 Å². The molecule has 6 rings (SSSR count). The summed E-state index contributed by atoms with van der Waals surface area (Å²) < 4.78 is 31.4. The fraction of sp³-hybridized carbons (Fsp3) is 0.500. The highest BCUT2D eigenvalue weighted by Gasteiger charge is 2.39. The highest BCUT2D eigenvalue weighted by atomic mass is 32.2. The number of amides is 2. The van der Waals surface area contributed by atoms with Crippen LogP contribution in [0, 0.1) is 13.8 Å². The van der Waals surface area contributed by atoms with E-state index < -0.39 is 10.0 Å². The molecule has 0 spiro atoms. The Balaban J connectivity index is 1.08. The molecule has 0 radical (unpaired) electrons. The van der Waals surface area contributed by atoms with E-state index >= 15 is 0 Å². The maximum atomic E-state index is 13.7. The van der Waals surface area contributed by atoms with E-state index in [1.165, 1.54) is 11.3 Å². The van der Waals surface area contributed by atoms with Gasteiger partial charge in [-0.25, -0.2) is 8.42 Å². The van der Waals surface area contributed by atoms with Crippen LogP contribution in [-0.4, -0.2) is 105 Å². The van der Waals surface area contributed by atoms with Crippen molar-refractivity contribution in [2.75, 3.05) is 68.4 Å². The molecule has 0 aliphatic carbocycles. The number of benzene rings is 3. The van der Waals surface area contributed by atoms with Gasteiger partial charge in [-0.1, -0.05) is 42.5 Å². The summed E-state index contributed by atoms with van der Waals surface area (Å²) in [5.74, 6) is 0.177. The molecule has 0 saturated carbocycles. The maximum Gasteiger partial charge on any atom is 0.254 e. The van der Waals surface area contributed by atoms with Crippen LogP contribution in [0.2, 0.25) is 0 Å². The molecule has 3 aliphatic heterocycles. The second-order valence-corrected chi connectivity index (χ2v) is 16.6. The van der Waals surface area contributed by atoms with Crippen LogP contribution in [0.5, 0.6) is 0 Å². The number of rotatable bonds is 10. The second kappa shape index (κ2) is 15.8. The second-order valence-electron chi connectivity index (χ2n) is 14.8. The first-order valence-corrected chi connectivity index (χ1v) is 20.2. The SMILES string of the molecule is Cc1cc(NS(C)(=O)=O)cc(C)c1C(=O)N1CCC(C)(N2CCC(N(Cc3ccccc3)c3ccc(CC(=O)N4CCOCC4)cc3)CC2)CC1. The maximum absolute atomic E-state index is 13.7. The van der Waals surface area contributed by atoms with E-state index in [4.69, 9.17) is 4.74 Å². The zero-order valence-corrected chi connectivity index (χ0v) is 31.4. The van der Waals surface area contributed by atoms with Crippen molar-refractivity contribution in [2.24, 2.45) is 0 Å². The molecule has 3 aliphatic rings. The minimum atomic E-state index is -3.40. The summed E-state index contributed by atoms with van der Waals surface area (Å²) in [5.41, 5.74) is 6.21. The number of nitrogens with one attached hydrogen (secondary N) is 1.